The molecule has 0 aliphatic carbocycles. The molecule has 0 radical (unpaired) electrons. The largest absolute Gasteiger partial charge is 0.356 e. The maximum atomic E-state index is 11.5. The number of amides is 1. The van der Waals surface area contributed by atoms with Gasteiger partial charge in [-0.2, -0.15) is 0 Å². The van der Waals surface area contributed by atoms with Crippen LogP contribution in [-0.4, -0.2) is 18.3 Å². The SMILES string of the molecule is CC(CCNC(=O)CCCCCl)c1ccccc1. The van der Waals surface area contributed by atoms with E-state index in [1.165, 1.54) is 5.56 Å². The molecule has 1 amide bonds. The van der Waals surface area contributed by atoms with Crippen molar-refractivity contribution in [3.05, 3.63) is 35.9 Å². The standard InChI is InChI=1S/C15H22ClNO/c1-13(14-7-3-2-4-8-14)10-12-17-15(18)9-5-6-11-16/h2-4,7-8,13H,5-6,9-12H2,1H3,(H,17,18). The Morgan fingerprint density at radius 3 is 2.67 bits per heavy atom. The first kappa shape index (κ1) is 15.0. The second-order valence-electron chi connectivity index (χ2n) is 4.60. The average Bonchev–Trinajstić information content (AvgIpc) is 2.40. The van der Waals surface area contributed by atoms with Crippen LogP contribution in [0.15, 0.2) is 30.3 Å². The number of alkyl halides is 1. The Labute approximate surface area is 115 Å². The van der Waals surface area contributed by atoms with Gasteiger partial charge in [0.15, 0.2) is 0 Å². The van der Waals surface area contributed by atoms with Crippen molar-refractivity contribution >= 4 is 17.5 Å². The van der Waals surface area contributed by atoms with Gasteiger partial charge >= 0.3 is 0 Å². The van der Waals surface area contributed by atoms with E-state index in [4.69, 9.17) is 11.6 Å². The summed E-state index contributed by atoms with van der Waals surface area (Å²) in [7, 11) is 0. The van der Waals surface area contributed by atoms with E-state index in [0.717, 1.165) is 25.8 Å². The first-order chi connectivity index (χ1) is 8.74. The second kappa shape index (κ2) is 8.98. The molecule has 0 spiro atoms. The van der Waals surface area contributed by atoms with Crippen molar-refractivity contribution in [2.45, 2.75) is 38.5 Å². The number of hydrogen-bond acceptors (Lipinski definition) is 1. The quantitative estimate of drug-likeness (QED) is 0.565. The van der Waals surface area contributed by atoms with Crippen molar-refractivity contribution in [3.63, 3.8) is 0 Å². The predicted molar refractivity (Wildman–Crippen MR) is 77.1 cm³/mol. The zero-order valence-corrected chi connectivity index (χ0v) is 11.7. The van der Waals surface area contributed by atoms with E-state index in [-0.39, 0.29) is 5.91 Å². The molecule has 1 atom stereocenters. The third-order valence-corrected chi connectivity index (χ3v) is 3.32. The molecule has 2 nitrogen and oxygen atoms in total. The molecule has 1 aromatic carbocycles. The maximum Gasteiger partial charge on any atom is 0.219 e. The first-order valence-electron chi connectivity index (χ1n) is 6.61. The summed E-state index contributed by atoms with van der Waals surface area (Å²) in [4.78, 5) is 11.5. The van der Waals surface area contributed by atoms with Gasteiger partial charge in [0.1, 0.15) is 0 Å². The molecule has 1 aromatic rings. The molecule has 0 saturated carbocycles. The maximum absolute atomic E-state index is 11.5. The number of carbonyl (C=O) groups excluding carboxylic acids is 1. The van der Waals surface area contributed by atoms with Gasteiger partial charge in [0.25, 0.3) is 0 Å². The van der Waals surface area contributed by atoms with Crippen LogP contribution < -0.4 is 5.32 Å². The highest BCUT2D eigenvalue weighted by Crippen LogP contribution is 2.17. The fourth-order valence-electron chi connectivity index (χ4n) is 1.84. The lowest BCUT2D eigenvalue weighted by Gasteiger charge is -2.12. The summed E-state index contributed by atoms with van der Waals surface area (Å²) in [5.41, 5.74) is 1.33. The molecule has 100 valence electrons. The molecule has 18 heavy (non-hydrogen) atoms. The number of halogens is 1. The van der Waals surface area contributed by atoms with Crippen LogP contribution in [0.25, 0.3) is 0 Å². The van der Waals surface area contributed by atoms with Gasteiger partial charge in [0, 0.05) is 18.8 Å². The van der Waals surface area contributed by atoms with Gasteiger partial charge < -0.3 is 5.32 Å². The van der Waals surface area contributed by atoms with Crippen LogP contribution in [-0.2, 0) is 4.79 Å². The highest BCUT2D eigenvalue weighted by molar-refractivity contribution is 6.17. The number of carbonyl (C=O) groups is 1. The fraction of sp³-hybridized carbons (Fsp3) is 0.533. The van der Waals surface area contributed by atoms with Gasteiger partial charge in [-0.1, -0.05) is 37.3 Å². The lowest BCUT2D eigenvalue weighted by Crippen LogP contribution is -2.25. The van der Waals surface area contributed by atoms with Crippen molar-refractivity contribution in [3.8, 4) is 0 Å². The lowest BCUT2D eigenvalue weighted by molar-refractivity contribution is -0.121. The van der Waals surface area contributed by atoms with Crippen LogP contribution in [0.4, 0.5) is 0 Å². The Morgan fingerprint density at radius 2 is 2.00 bits per heavy atom. The van der Waals surface area contributed by atoms with Gasteiger partial charge in [-0.3, -0.25) is 4.79 Å². The molecule has 0 fully saturated rings. The molecule has 0 aromatic heterocycles. The molecular weight excluding hydrogens is 246 g/mol. The summed E-state index contributed by atoms with van der Waals surface area (Å²) >= 11 is 5.57. The fourth-order valence-corrected chi connectivity index (χ4v) is 2.03. The number of benzene rings is 1. The van der Waals surface area contributed by atoms with E-state index in [9.17, 15) is 4.79 Å². The highest BCUT2D eigenvalue weighted by Gasteiger charge is 2.05. The minimum atomic E-state index is 0.139. The Kier molecular flexibility index (Phi) is 7.51. The molecule has 0 aliphatic rings. The second-order valence-corrected chi connectivity index (χ2v) is 4.97. The van der Waals surface area contributed by atoms with Gasteiger partial charge in [0.05, 0.1) is 0 Å². The van der Waals surface area contributed by atoms with Crippen molar-refractivity contribution in [2.75, 3.05) is 12.4 Å². The molecular formula is C15H22ClNO. The minimum Gasteiger partial charge on any atom is -0.356 e. The van der Waals surface area contributed by atoms with Crippen LogP contribution in [0.1, 0.15) is 44.1 Å². The lowest BCUT2D eigenvalue weighted by atomic mass is 9.98. The highest BCUT2D eigenvalue weighted by atomic mass is 35.5. The van der Waals surface area contributed by atoms with Crippen LogP contribution in [0, 0.1) is 0 Å². The number of nitrogens with one attached hydrogen (secondary N) is 1. The van der Waals surface area contributed by atoms with Crippen LogP contribution in [0.2, 0.25) is 0 Å². The van der Waals surface area contributed by atoms with Crippen molar-refractivity contribution in [1.29, 1.82) is 0 Å². The molecule has 1 unspecified atom stereocenters. The molecule has 1 N–H and O–H groups in total. The van der Waals surface area contributed by atoms with Crippen LogP contribution in [0.3, 0.4) is 0 Å². The van der Waals surface area contributed by atoms with E-state index in [2.05, 4.69) is 36.5 Å². The molecule has 0 bridgehead atoms. The minimum absolute atomic E-state index is 0.139. The number of rotatable bonds is 8. The normalized spacial score (nSPS) is 12.1. The zero-order valence-electron chi connectivity index (χ0n) is 11.0. The molecule has 1 rings (SSSR count). The Balaban J connectivity index is 2.16. The smallest absolute Gasteiger partial charge is 0.219 e. The van der Waals surface area contributed by atoms with E-state index < -0.39 is 0 Å². The summed E-state index contributed by atoms with van der Waals surface area (Å²) in [6, 6.07) is 10.4. The first-order valence-corrected chi connectivity index (χ1v) is 7.15. The summed E-state index contributed by atoms with van der Waals surface area (Å²) in [5.74, 6) is 1.26. The average molecular weight is 268 g/mol. The molecule has 0 heterocycles. The topological polar surface area (TPSA) is 29.1 Å². The summed E-state index contributed by atoms with van der Waals surface area (Å²) in [6.07, 6.45) is 3.36. The third-order valence-electron chi connectivity index (χ3n) is 3.06. The number of unbranched alkanes of at least 4 members (excludes halogenated alkanes) is 1. The Bertz CT molecular complexity index is 340. The van der Waals surface area contributed by atoms with E-state index in [1.807, 2.05) is 6.07 Å². The van der Waals surface area contributed by atoms with Gasteiger partial charge in [-0.05, 0) is 30.7 Å². The Morgan fingerprint density at radius 1 is 1.28 bits per heavy atom. The predicted octanol–water partition coefficient (Wildman–Crippen LogP) is 3.71. The zero-order chi connectivity index (χ0) is 13.2. The Hall–Kier alpha value is -1.02. The van der Waals surface area contributed by atoms with E-state index in [0.29, 0.717) is 18.2 Å². The monoisotopic (exact) mass is 267 g/mol. The van der Waals surface area contributed by atoms with Gasteiger partial charge in [-0.15, -0.1) is 11.6 Å². The van der Waals surface area contributed by atoms with Gasteiger partial charge in [-0.25, -0.2) is 0 Å². The van der Waals surface area contributed by atoms with Crippen molar-refractivity contribution in [1.82, 2.24) is 5.32 Å². The van der Waals surface area contributed by atoms with E-state index >= 15 is 0 Å². The number of hydrogen-bond donors (Lipinski definition) is 1. The van der Waals surface area contributed by atoms with Crippen LogP contribution in [0.5, 0.6) is 0 Å². The summed E-state index contributed by atoms with van der Waals surface area (Å²) in [5, 5.41) is 2.96. The van der Waals surface area contributed by atoms with Crippen molar-refractivity contribution < 1.29 is 4.79 Å². The molecule has 3 heteroatoms. The van der Waals surface area contributed by atoms with Crippen LogP contribution >= 0.6 is 11.6 Å². The van der Waals surface area contributed by atoms with Gasteiger partial charge in [0.2, 0.25) is 5.91 Å². The molecule has 0 aliphatic heterocycles. The third kappa shape index (κ3) is 6.06. The summed E-state index contributed by atoms with van der Waals surface area (Å²) in [6.45, 7) is 2.94. The van der Waals surface area contributed by atoms with Crippen molar-refractivity contribution in [2.24, 2.45) is 0 Å². The molecule has 0 saturated heterocycles. The summed E-state index contributed by atoms with van der Waals surface area (Å²) < 4.78 is 0. The van der Waals surface area contributed by atoms with E-state index in [1.54, 1.807) is 0 Å².